The highest BCUT2D eigenvalue weighted by molar-refractivity contribution is 6.29. The third-order valence-corrected chi connectivity index (χ3v) is 2.26. The molecule has 2 aromatic rings. The molecule has 5 nitrogen and oxygen atoms in total. The lowest BCUT2D eigenvalue weighted by Gasteiger charge is -2.05. The Bertz CT molecular complexity index is 550. The topological polar surface area (TPSA) is 60.7 Å². The Balaban J connectivity index is 2.66. The Labute approximate surface area is 97.1 Å². The van der Waals surface area contributed by atoms with Crippen molar-refractivity contribution in [2.45, 2.75) is 13.8 Å². The molecule has 2 rings (SSSR count). The van der Waals surface area contributed by atoms with Gasteiger partial charge < -0.3 is 0 Å². The van der Waals surface area contributed by atoms with Crippen molar-refractivity contribution in [2.75, 3.05) is 0 Å². The zero-order chi connectivity index (χ0) is 11.7. The molecule has 0 unspecified atom stereocenters. The van der Waals surface area contributed by atoms with E-state index >= 15 is 0 Å². The van der Waals surface area contributed by atoms with Crippen molar-refractivity contribution in [1.29, 1.82) is 0 Å². The molecule has 0 aliphatic rings. The lowest BCUT2D eigenvalue weighted by atomic mass is 10.4. The van der Waals surface area contributed by atoms with E-state index in [0.29, 0.717) is 12.1 Å². The number of carbonyl (C=O) groups excluding carboxylic acids is 1. The molecular formula is C10H9ClN4O. The molecule has 0 bridgehead atoms. The summed E-state index contributed by atoms with van der Waals surface area (Å²) in [7, 11) is 0. The van der Waals surface area contributed by atoms with Crippen molar-refractivity contribution in [3.8, 4) is 5.82 Å². The summed E-state index contributed by atoms with van der Waals surface area (Å²) in [6.45, 7) is 3.74. The molecule has 2 aromatic heterocycles. The van der Waals surface area contributed by atoms with E-state index in [1.807, 2.05) is 19.9 Å². The molecule has 0 aliphatic carbocycles. The predicted octanol–water partition coefficient (Wildman–Crippen LogP) is 1.75. The molecule has 0 N–H and O–H groups in total. The molecule has 0 aromatic carbocycles. The minimum absolute atomic E-state index is 0.218. The SMILES string of the molecule is Cc1cc(C)n(-c2nc(Cl)cnc2C=O)n1. The molecule has 82 valence electrons. The summed E-state index contributed by atoms with van der Waals surface area (Å²) in [5, 5.41) is 4.46. The fourth-order valence-corrected chi connectivity index (χ4v) is 1.58. The number of aldehydes is 1. The van der Waals surface area contributed by atoms with E-state index < -0.39 is 0 Å². The van der Waals surface area contributed by atoms with Gasteiger partial charge in [-0.05, 0) is 19.9 Å². The molecule has 0 spiro atoms. The fraction of sp³-hybridized carbons (Fsp3) is 0.200. The second kappa shape index (κ2) is 4.02. The van der Waals surface area contributed by atoms with E-state index in [9.17, 15) is 4.79 Å². The largest absolute Gasteiger partial charge is 0.296 e. The highest BCUT2D eigenvalue weighted by atomic mass is 35.5. The quantitative estimate of drug-likeness (QED) is 0.746. The molecule has 0 fully saturated rings. The number of aryl methyl sites for hydroxylation is 2. The van der Waals surface area contributed by atoms with Crippen LogP contribution in [0.3, 0.4) is 0 Å². The van der Waals surface area contributed by atoms with Crippen molar-refractivity contribution in [3.63, 3.8) is 0 Å². The van der Waals surface area contributed by atoms with Gasteiger partial charge >= 0.3 is 0 Å². The maximum absolute atomic E-state index is 10.8. The van der Waals surface area contributed by atoms with Crippen molar-refractivity contribution in [2.24, 2.45) is 0 Å². The zero-order valence-corrected chi connectivity index (χ0v) is 9.56. The van der Waals surface area contributed by atoms with Gasteiger partial charge in [0.2, 0.25) is 0 Å². The summed E-state index contributed by atoms with van der Waals surface area (Å²) in [6.07, 6.45) is 1.97. The normalized spacial score (nSPS) is 10.4. The highest BCUT2D eigenvalue weighted by Crippen LogP contribution is 2.14. The summed E-state index contributed by atoms with van der Waals surface area (Å²) >= 11 is 5.75. The monoisotopic (exact) mass is 236 g/mol. The van der Waals surface area contributed by atoms with Crippen LogP contribution in [-0.2, 0) is 0 Å². The number of hydrogen-bond donors (Lipinski definition) is 0. The van der Waals surface area contributed by atoms with E-state index in [1.165, 1.54) is 6.20 Å². The van der Waals surface area contributed by atoms with Crippen molar-refractivity contribution in [1.82, 2.24) is 19.7 Å². The predicted molar refractivity (Wildman–Crippen MR) is 59.0 cm³/mol. The summed E-state index contributed by atoms with van der Waals surface area (Å²) in [5.74, 6) is 0.355. The second-order valence-electron chi connectivity index (χ2n) is 3.36. The van der Waals surface area contributed by atoms with Crippen LogP contribution in [0.2, 0.25) is 5.15 Å². The van der Waals surface area contributed by atoms with E-state index in [2.05, 4.69) is 15.1 Å². The molecular weight excluding hydrogens is 228 g/mol. The number of nitrogens with zero attached hydrogens (tertiary/aromatic N) is 4. The van der Waals surface area contributed by atoms with Crippen LogP contribution in [-0.4, -0.2) is 26.0 Å². The average Bonchev–Trinajstić information content (AvgIpc) is 2.57. The van der Waals surface area contributed by atoms with Gasteiger partial charge in [-0.25, -0.2) is 14.6 Å². The summed E-state index contributed by atoms with van der Waals surface area (Å²) in [5.41, 5.74) is 1.93. The number of hydrogen-bond acceptors (Lipinski definition) is 4. The van der Waals surface area contributed by atoms with Crippen molar-refractivity contribution in [3.05, 3.63) is 34.5 Å². The first-order chi connectivity index (χ1) is 7.61. The summed E-state index contributed by atoms with van der Waals surface area (Å²) < 4.78 is 1.55. The van der Waals surface area contributed by atoms with Gasteiger partial charge in [0.25, 0.3) is 0 Å². The molecule has 0 radical (unpaired) electrons. The van der Waals surface area contributed by atoms with E-state index in [0.717, 1.165) is 11.4 Å². The van der Waals surface area contributed by atoms with Crippen LogP contribution in [0.4, 0.5) is 0 Å². The molecule has 2 heterocycles. The molecule has 0 saturated heterocycles. The van der Waals surface area contributed by atoms with E-state index in [-0.39, 0.29) is 10.8 Å². The van der Waals surface area contributed by atoms with Crippen LogP contribution < -0.4 is 0 Å². The van der Waals surface area contributed by atoms with Crippen LogP contribution in [0.15, 0.2) is 12.3 Å². The molecule has 6 heteroatoms. The molecule has 0 atom stereocenters. The maximum atomic E-state index is 10.8. The van der Waals surface area contributed by atoms with Gasteiger partial charge in [-0.3, -0.25) is 4.79 Å². The van der Waals surface area contributed by atoms with Crippen LogP contribution in [0, 0.1) is 13.8 Å². The Morgan fingerprint density at radius 2 is 2.19 bits per heavy atom. The lowest BCUT2D eigenvalue weighted by Crippen LogP contribution is -2.07. The highest BCUT2D eigenvalue weighted by Gasteiger charge is 2.11. The second-order valence-corrected chi connectivity index (χ2v) is 3.75. The molecule has 16 heavy (non-hydrogen) atoms. The van der Waals surface area contributed by atoms with E-state index in [4.69, 9.17) is 11.6 Å². The number of halogens is 1. The van der Waals surface area contributed by atoms with Gasteiger partial charge in [-0.2, -0.15) is 5.10 Å². The molecule has 0 aliphatic heterocycles. The first kappa shape index (κ1) is 10.8. The van der Waals surface area contributed by atoms with Crippen molar-refractivity contribution < 1.29 is 4.79 Å². The minimum Gasteiger partial charge on any atom is -0.296 e. The summed E-state index contributed by atoms with van der Waals surface area (Å²) in [6, 6.07) is 1.89. The van der Waals surface area contributed by atoms with Crippen molar-refractivity contribution >= 4 is 17.9 Å². The third-order valence-electron chi connectivity index (χ3n) is 2.07. The van der Waals surface area contributed by atoms with E-state index in [1.54, 1.807) is 4.68 Å². The average molecular weight is 237 g/mol. The third kappa shape index (κ3) is 1.81. The maximum Gasteiger partial charge on any atom is 0.184 e. The van der Waals surface area contributed by atoms with Gasteiger partial charge in [0.15, 0.2) is 12.1 Å². The molecule has 0 amide bonds. The fourth-order valence-electron chi connectivity index (χ4n) is 1.45. The standard InChI is InChI=1S/C10H9ClN4O/c1-6-3-7(2)15(14-6)10-8(5-16)12-4-9(11)13-10/h3-5H,1-2H3. The van der Waals surface area contributed by atoms with Crippen LogP contribution in [0.25, 0.3) is 5.82 Å². The lowest BCUT2D eigenvalue weighted by molar-refractivity contribution is 0.111. The van der Waals surface area contributed by atoms with Crippen LogP contribution in [0.5, 0.6) is 0 Å². The Hall–Kier alpha value is -1.75. The van der Waals surface area contributed by atoms with Crippen LogP contribution >= 0.6 is 11.6 Å². The summed E-state index contributed by atoms with van der Waals surface area (Å²) in [4.78, 5) is 18.8. The van der Waals surface area contributed by atoms with Gasteiger partial charge in [0, 0.05) is 5.69 Å². The minimum atomic E-state index is 0.218. The number of aromatic nitrogens is 4. The Morgan fingerprint density at radius 3 is 2.75 bits per heavy atom. The van der Waals surface area contributed by atoms with Gasteiger partial charge in [-0.15, -0.1) is 0 Å². The smallest absolute Gasteiger partial charge is 0.184 e. The zero-order valence-electron chi connectivity index (χ0n) is 8.81. The van der Waals surface area contributed by atoms with Gasteiger partial charge in [0.1, 0.15) is 10.8 Å². The van der Waals surface area contributed by atoms with Gasteiger partial charge in [0.05, 0.1) is 11.9 Å². The molecule has 0 saturated carbocycles. The van der Waals surface area contributed by atoms with Crippen LogP contribution in [0.1, 0.15) is 21.9 Å². The van der Waals surface area contributed by atoms with Gasteiger partial charge in [-0.1, -0.05) is 11.6 Å². The first-order valence-corrected chi connectivity index (χ1v) is 5.01. The first-order valence-electron chi connectivity index (χ1n) is 4.63. The Morgan fingerprint density at radius 1 is 1.44 bits per heavy atom. The number of carbonyl (C=O) groups is 1. The Kier molecular flexibility index (Phi) is 2.70. The number of rotatable bonds is 2.